The van der Waals surface area contributed by atoms with Crippen molar-refractivity contribution in [3.05, 3.63) is 50.8 Å². The van der Waals surface area contributed by atoms with Crippen LogP contribution in [0, 0.1) is 10.5 Å². The van der Waals surface area contributed by atoms with Crippen molar-refractivity contribution in [3.63, 3.8) is 0 Å². The van der Waals surface area contributed by atoms with Crippen LogP contribution in [-0.4, -0.2) is 9.38 Å². The molecule has 2 aromatic heterocycles. The number of rotatable bonds is 3. The van der Waals surface area contributed by atoms with Gasteiger partial charge in [-0.15, -0.1) is 11.3 Å². The van der Waals surface area contributed by atoms with Gasteiger partial charge in [-0.05, 0) is 47.2 Å². The minimum absolute atomic E-state index is 0.759. The highest BCUT2D eigenvalue weighted by Gasteiger charge is 2.04. The molecule has 5 heteroatoms. The van der Waals surface area contributed by atoms with Gasteiger partial charge in [0.15, 0.2) is 4.96 Å². The van der Waals surface area contributed by atoms with Crippen LogP contribution in [-0.2, 0) is 6.54 Å². The second-order valence-corrected chi connectivity index (χ2v) is 6.13. The minimum Gasteiger partial charge on any atom is -0.379 e. The largest absolute Gasteiger partial charge is 0.379 e. The zero-order chi connectivity index (χ0) is 12.5. The third-order valence-corrected chi connectivity index (χ3v) is 4.81. The Hall–Kier alpha value is -1.08. The molecule has 0 saturated carbocycles. The van der Waals surface area contributed by atoms with Crippen molar-refractivity contribution in [2.75, 3.05) is 5.32 Å². The van der Waals surface area contributed by atoms with Gasteiger partial charge >= 0.3 is 0 Å². The number of nitrogens with zero attached hydrogens (tertiary/aromatic N) is 2. The van der Waals surface area contributed by atoms with E-state index < -0.39 is 0 Å². The first-order valence-corrected chi connectivity index (χ1v) is 7.60. The summed E-state index contributed by atoms with van der Waals surface area (Å²) < 4.78 is 3.34. The van der Waals surface area contributed by atoms with Gasteiger partial charge in [0.1, 0.15) is 0 Å². The zero-order valence-corrected chi connectivity index (χ0v) is 12.8. The molecule has 0 aliphatic carbocycles. The first-order chi connectivity index (χ1) is 8.74. The minimum atomic E-state index is 0.759. The molecule has 3 rings (SSSR count). The Balaban J connectivity index is 1.78. The van der Waals surface area contributed by atoms with Crippen LogP contribution < -0.4 is 5.32 Å². The fraction of sp³-hybridized carbons (Fsp3) is 0.154. The number of fused-ring (bicyclic) bond motifs is 1. The van der Waals surface area contributed by atoms with Gasteiger partial charge in [-0.25, -0.2) is 4.98 Å². The van der Waals surface area contributed by atoms with Crippen LogP contribution in [0.1, 0.15) is 11.3 Å². The van der Waals surface area contributed by atoms with Gasteiger partial charge in [0, 0.05) is 27.0 Å². The molecule has 2 heterocycles. The quantitative estimate of drug-likeness (QED) is 0.710. The van der Waals surface area contributed by atoms with Gasteiger partial charge in [-0.3, -0.25) is 4.40 Å². The van der Waals surface area contributed by atoms with Gasteiger partial charge in [0.2, 0.25) is 0 Å². The molecule has 0 amide bonds. The Morgan fingerprint density at radius 2 is 2.33 bits per heavy atom. The highest BCUT2D eigenvalue weighted by atomic mass is 127. The van der Waals surface area contributed by atoms with E-state index in [9.17, 15) is 0 Å². The van der Waals surface area contributed by atoms with Crippen LogP contribution in [0.15, 0.2) is 36.0 Å². The van der Waals surface area contributed by atoms with Crippen LogP contribution in [0.2, 0.25) is 0 Å². The average Bonchev–Trinajstić information content (AvgIpc) is 2.91. The van der Waals surface area contributed by atoms with Gasteiger partial charge in [-0.1, -0.05) is 6.07 Å². The normalized spacial score (nSPS) is 11.0. The fourth-order valence-corrected chi connectivity index (χ4v) is 3.06. The Morgan fingerprint density at radius 1 is 1.44 bits per heavy atom. The monoisotopic (exact) mass is 369 g/mol. The van der Waals surface area contributed by atoms with E-state index in [-0.39, 0.29) is 0 Å². The van der Waals surface area contributed by atoms with E-state index in [1.807, 2.05) is 11.6 Å². The summed E-state index contributed by atoms with van der Waals surface area (Å²) in [6.07, 6.45) is 4.11. The lowest BCUT2D eigenvalue weighted by atomic mass is 10.2. The van der Waals surface area contributed by atoms with Crippen LogP contribution >= 0.6 is 33.9 Å². The number of aromatic nitrogens is 2. The van der Waals surface area contributed by atoms with Gasteiger partial charge in [0.25, 0.3) is 0 Å². The first-order valence-electron chi connectivity index (χ1n) is 5.64. The molecule has 3 nitrogen and oxygen atoms in total. The summed E-state index contributed by atoms with van der Waals surface area (Å²) in [5.74, 6) is 0. The first kappa shape index (κ1) is 12.0. The third kappa shape index (κ3) is 2.24. The lowest BCUT2D eigenvalue weighted by molar-refractivity contribution is 1.07. The van der Waals surface area contributed by atoms with E-state index in [0.29, 0.717) is 0 Å². The standard InChI is InChI=1S/C13H12IN3S/c1-9-11(14)3-2-4-12(9)15-7-10-8-17-5-6-18-13(17)16-10/h2-6,8,15H,7H2,1H3. The lowest BCUT2D eigenvalue weighted by Crippen LogP contribution is -2.02. The van der Waals surface area contributed by atoms with Crippen LogP contribution in [0.25, 0.3) is 4.96 Å². The van der Waals surface area contributed by atoms with E-state index in [2.05, 4.69) is 68.6 Å². The van der Waals surface area contributed by atoms with Crippen molar-refractivity contribution in [2.45, 2.75) is 13.5 Å². The maximum absolute atomic E-state index is 4.56. The lowest BCUT2D eigenvalue weighted by Gasteiger charge is -2.09. The Labute approximate surface area is 123 Å². The van der Waals surface area contributed by atoms with Crippen molar-refractivity contribution < 1.29 is 0 Å². The number of hydrogen-bond acceptors (Lipinski definition) is 3. The number of anilines is 1. The Bertz CT molecular complexity index is 658. The number of thiazole rings is 1. The van der Waals surface area contributed by atoms with Crippen molar-refractivity contribution in [2.24, 2.45) is 0 Å². The van der Waals surface area contributed by atoms with E-state index >= 15 is 0 Å². The fourth-order valence-electron chi connectivity index (χ4n) is 1.85. The molecule has 92 valence electrons. The average molecular weight is 369 g/mol. The summed E-state index contributed by atoms with van der Waals surface area (Å²) >= 11 is 4.01. The molecule has 0 fully saturated rings. The number of nitrogens with one attached hydrogen (secondary N) is 1. The maximum atomic E-state index is 4.56. The molecule has 0 saturated heterocycles. The molecule has 0 aliphatic rings. The van der Waals surface area contributed by atoms with Crippen LogP contribution in [0.4, 0.5) is 5.69 Å². The van der Waals surface area contributed by atoms with Crippen LogP contribution in [0.3, 0.4) is 0 Å². The zero-order valence-electron chi connectivity index (χ0n) is 9.85. The molecule has 0 atom stereocenters. The number of imidazole rings is 1. The Morgan fingerprint density at radius 3 is 3.17 bits per heavy atom. The summed E-state index contributed by atoms with van der Waals surface area (Å²) in [7, 11) is 0. The molecule has 0 radical (unpaired) electrons. The van der Waals surface area contributed by atoms with Crippen molar-refractivity contribution in [3.8, 4) is 0 Å². The van der Waals surface area contributed by atoms with E-state index in [1.54, 1.807) is 11.3 Å². The second-order valence-electron chi connectivity index (χ2n) is 4.09. The molecule has 0 spiro atoms. The molecular weight excluding hydrogens is 357 g/mol. The molecule has 18 heavy (non-hydrogen) atoms. The van der Waals surface area contributed by atoms with Gasteiger partial charge in [-0.2, -0.15) is 0 Å². The number of benzene rings is 1. The van der Waals surface area contributed by atoms with E-state index in [1.165, 1.54) is 14.8 Å². The van der Waals surface area contributed by atoms with Crippen molar-refractivity contribution in [1.29, 1.82) is 0 Å². The number of hydrogen-bond donors (Lipinski definition) is 1. The summed E-state index contributed by atoms with van der Waals surface area (Å²) in [6.45, 7) is 2.89. The molecule has 3 aromatic rings. The van der Waals surface area contributed by atoms with Crippen molar-refractivity contribution in [1.82, 2.24) is 9.38 Å². The predicted octanol–water partition coefficient (Wildman–Crippen LogP) is 3.92. The third-order valence-electron chi connectivity index (χ3n) is 2.87. The molecular formula is C13H12IN3S. The SMILES string of the molecule is Cc1c(I)cccc1NCc1cn2ccsc2n1. The topological polar surface area (TPSA) is 29.3 Å². The van der Waals surface area contributed by atoms with Gasteiger partial charge in [0.05, 0.1) is 12.2 Å². The van der Waals surface area contributed by atoms with Gasteiger partial charge < -0.3 is 5.32 Å². The van der Waals surface area contributed by atoms with Crippen LogP contribution in [0.5, 0.6) is 0 Å². The summed E-state index contributed by atoms with van der Waals surface area (Å²) in [5, 5.41) is 5.49. The Kier molecular flexibility index (Phi) is 3.25. The smallest absolute Gasteiger partial charge is 0.193 e. The molecule has 1 aromatic carbocycles. The highest BCUT2D eigenvalue weighted by Crippen LogP contribution is 2.21. The summed E-state index contributed by atoms with van der Waals surface area (Å²) in [6, 6.07) is 6.30. The molecule has 0 bridgehead atoms. The molecule has 1 N–H and O–H groups in total. The van der Waals surface area contributed by atoms with E-state index in [4.69, 9.17) is 0 Å². The predicted molar refractivity (Wildman–Crippen MR) is 84.3 cm³/mol. The molecule has 0 aliphatic heterocycles. The maximum Gasteiger partial charge on any atom is 0.193 e. The summed E-state index contributed by atoms with van der Waals surface area (Å²) in [4.78, 5) is 5.60. The second kappa shape index (κ2) is 4.89. The number of halogens is 1. The van der Waals surface area contributed by atoms with E-state index in [0.717, 1.165) is 17.2 Å². The molecule has 0 unspecified atom stereocenters. The highest BCUT2D eigenvalue weighted by molar-refractivity contribution is 14.1. The summed E-state index contributed by atoms with van der Waals surface area (Å²) in [5.41, 5.74) is 3.54. The van der Waals surface area contributed by atoms with Crippen molar-refractivity contribution >= 4 is 44.6 Å².